The molecule has 1 aromatic carbocycles. The van der Waals surface area contributed by atoms with Crippen LogP contribution in [0.25, 0.3) is 10.9 Å². The standard InChI is InChI=1S/C20H25ClN4O2/c1-2-3-8-22-19(26)14-24-9-11-25(12-10-24)20(27)16-13-18(21)23-17-7-5-4-6-15(16)17/h4-7,13H,2-3,8-12,14H2,1H3,(H,22,26). The van der Waals surface area contributed by atoms with Gasteiger partial charge < -0.3 is 10.2 Å². The van der Waals surface area contributed by atoms with E-state index in [1.807, 2.05) is 29.2 Å². The summed E-state index contributed by atoms with van der Waals surface area (Å²) in [5.74, 6) is 0.0117. The third kappa shape index (κ3) is 4.96. The molecule has 1 aromatic heterocycles. The molecule has 6 nitrogen and oxygen atoms in total. The van der Waals surface area contributed by atoms with Crippen molar-refractivity contribution in [2.75, 3.05) is 39.3 Å². The number of carbonyl (C=O) groups excluding carboxylic acids is 2. The lowest BCUT2D eigenvalue weighted by molar-refractivity contribution is -0.122. The lowest BCUT2D eigenvalue weighted by atomic mass is 10.1. The van der Waals surface area contributed by atoms with Gasteiger partial charge in [-0.05, 0) is 18.6 Å². The highest BCUT2D eigenvalue weighted by Crippen LogP contribution is 2.22. The number of carbonyl (C=O) groups is 2. The first kappa shape index (κ1) is 19.6. The van der Waals surface area contributed by atoms with Crippen LogP contribution in [0.4, 0.5) is 0 Å². The van der Waals surface area contributed by atoms with E-state index in [4.69, 9.17) is 11.6 Å². The van der Waals surface area contributed by atoms with E-state index in [1.165, 1.54) is 0 Å². The summed E-state index contributed by atoms with van der Waals surface area (Å²) in [6, 6.07) is 9.16. The first-order chi connectivity index (χ1) is 13.1. The molecule has 144 valence electrons. The molecule has 0 bridgehead atoms. The largest absolute Gasteiger partial charge is 0.355 e. The van der Waals surface area contributed by atoms with E-state index < -0.39 is 0 Å². The first-order valence-corrected chi connectivity index (χ1v) is 9.80. The van der Waals surface area contributed by atoms with E-state index in [2.05, 4.69) is 22.1 Å². The maximum atomic E-state index is 13.0. The number of hydrogen-bond donors (Lipinski definition) is 1. The van der Waals surface area contributed by atoms with E-state index in [0.717, 1.165) is 30.3 Å². The van der Waals surface area contributed by atoms with Crippen LogP contribution in [0.5, 0.6) is 0 Å². The van der Waals surface area contributed by atoms with Crippen LogP contribution >= 0.6 is 11.6 Å². The second kappa shape index (κ2) is 9.15. The Kier molecular flexibility index (Phi) is 6.63. The highest BCUT2D eigenvalue weighted by atomic mass is 35.5. The fraction of sp³-hybridized carbons (Fsp3) is 0.450. The van der Waals surface area contributed by atoms with Crippen molar-refractivity contribution < 1.29 is 9.59 Å². The maximum absolute atomic E-state index is 13.0. The summed E-state index contributed by atoms with van der Waals surface area (Å²) in [6.07, 6.45) is 2.06. The molecular weight excluding hydrogens is 364 g/mol. The second-order valence-corrected chi connectivity index (χ2v) is 7.17. The Morgan fingerprint density at radius 1 is 1.19 bits per heavy atom. The van der Waals surface area contributed by atoms with Crippen LogP contribution in [0.15, 0.2) is 30.3 Å². The Balaban J connectivity index is 1.60. The molecule has 2 aromatic rings. The van der Waals surface area contributed by atoms with Crippen molar-refractivity contribution in [2.45, 2.75) is 19.8 Å². The number of halogens is 1. The maximum Gasteiger partial charge on any atom is 0.254 e. The number of piperazine rings is 1. The van der Waals surface area contributed by atoms with Crippen LogP contribution in [0.1, 0.15) is 30.1 Å². The van der Waals surface area contributed by atoms with Crippen molar-refractivity contribution >= 4 is 34.3 Å². The molecule has 0 atom stereocenters. The van der Waals surface area contributed by atoms with Crippen LogP contribution in [-0.4, -0.2) is 65.9 Å². The molecule has 1 saturated heterocycles. The molecule has 2 heterocycles. The predicted octanol–water partition coefficient (Wildman–Crippen LogP) is 2.56. The summed E-state index contributed by atoms with van der Waals surface area (Å²) >= 11 is 6.10. The van der Waals surface area contributed by atoms with E-state index in [0.29, 0.717) is 43.4 Å². The molecule has 1 aliphatic rings. The number of benzene rings is 1. The Morgan fingerprint density at radius 2 is 1.93 bits per heavy atom. The van der Waals surface area contributed by atoms with Crippen molar-refractivity contribution in [3.05, 3.63) is 41.0 Å². The fourth-order valence-electron chi connectivity index (χ4n) is 3.26. The number of nitrogens with zero attached hydrogens (tertiary/aromatic N) is 3. The SMILES string of the molecule is CCCCNC(=O)CN1CCN(C(=O)c2cc(Cl)nc3ccccc23)CC1. The first-order valence-electron chi connectivity index (χ1n) is 9.42. The molecule has 27 heavy (non-hydrogen) atoms. The van der Waals surface area contributed by atoms with Crippen LogP contribution in [-0.2, 0) is 4.79 Å². The molecule has 7 heteroatoms. The number of para-hydroxylation sites is 1. The molecule has 1 fully saturated rings. The second-order valence-electron chi connectivity index (χ2n) is 6.78. The molecule has 0 unspecified atom stereocenters. The van der Waals surface area contributed by atoms with Gasteiger partial charge in [-0.3, -0.25) is 14.5 Å². The van der Waals surface area contributed by atoms with Gasteiger partial charge >= 0.3 is 0 Å². The summed E-state index contributed by atoms with van der Waals surface area (Å²) in [7, 11) is 0. The molecule has 0 radical (unpaired) electrons. The summed E-state index contributed by atoms with van der Waals surface area (Å²) in [5.41, 5.74) is 1.30. The fourth-order valence-corrected chi connectivity index (χ4v) is 3.46. The molecule has 1 N–H and O–H groups in total. The van der Waals surface area contributed by atoms with Gasteiger partial charge in [-0.15, -0.1) is 0 Å². The van der Waals surface area contributed by atoms with Gasteiger partial charge in [0.15, 0.2) is 0 Å². The average molecular weight is 389 g/mol. The normalized spacial score (nSPS) is 15.1. The number of nitrogens with one attached hydrogen (secondary N) is 1. The third-order valence-electron chi connectivity index (χ3n) is 4.79. The number of pyridine rings is 1. The quantitative estimate of drug-likeness (QED) is 0.610. The van der Waals surface area contributed by atoms with Gasteiger partial charge in [-0.2, -0.15) is 0 Å². The molecular formula is C20H25ClN4O2. The van der Waals surface area contributed by atoms with Crippen molar-refractivity contribution in [1.82, 2.24) is 20.1 Å². The smallest absolute Gasteiger partial charge is 0.254 e. The minimum Gasteiger partial charge on any atom is -0.355 e. The van der Waals surface area contributed by atoms with Gasteiger partial charge in [0.2, 0.25) is 5.91 Å². The van der Waals surface area contributed by atoms with Gasteiger partial charge in [0.25, 0.3) is 5.91 Å². The number of rotatable bonds is 6. The van der Waals surface area contributed by atoms with Crippen LogP contribution in [0.3, 0.4) is 0 Å². The average Bonchev–Trinajstić information content (AvgIpc) is 2.67. The number of fused-ring (bicyclic) bond motifs is 1. The zero-order chi connectivity index (χ0) is 19.2. The number of unbranched alkanes of at least 4 members (excludes halogenated alkanes) is 1. The van der Waals surface area contributed by atoms with Crippen molar-refractivity contribution in [3.63, 3.8) is 0 Å². The van der Waals surface area contributed by atoms with Crippen molar-refractivity contribution in [2.24, 2.45) is 0 Å². The van der Waals surface area contributed by atoms with Gasteiger partial charge in [0.1, 0.15) is 5.15 Å². The monoisotopic (exact) mass is 388 g/mol. The Bertz CT molecular complexity index is 819. The Hall–Kier alpha value is -2.18. The summed E-state index contributed by atoms with van der Waals surface area (Å²) < 4.78 is 0. The van der Waals surface area contributed by atoms with E-state index >= 15 is 0 Å². The summed E-state index contributed by atoms with van der Waals surface area (Å²) in [4.78, 5) is 33.2. The van der Waals surface area contributed by atoms with Gasteiger partial charge in [-0.1, -0.05) is 43.1 Å². The highest BCUT2D eigenvalue weighted by molar-refractivity contribution is 6.30. The molecule has 0 aliphatic carbocycles. The summed E-state index contributed by atoms with van der Waals surface area (Å²) in [5, 5.41) is 4.06. The lowest BCUT2D eigenvalue weighted by Gasteiger charge is -2.34. The van der Waals surface area contributed by atoms with E-state index in [9.17, 15) is 9.59 Å². The molecule has 0 spiro atoms. The third-order valence-corrected chi connectivity index (χ3v) is 4.99. The Labute approximate surface area is 164 Å². The number of aromatic nitrogens is 1. The van der Waals surface area contributed by atoms with Gasteiger partial charge in [0, 0.05) is 38.1 Å². The number of hydrogen-bond acceptors (Lipinski definition) is 4. The molecule has 2 amide bonds. The minimum absolute atomic E-state index is 0.0393. The van der Waals surface area contributed by atoms with Gasteiger partial charge in [-0.25, -0.2) is 4.98 Å². The van der Waals surface area contributed by atoms with E-state index in [1.54, 1.807) is 6.07 Å². The number of amides is 2. The molecule has 3 rings (SSSR count). The van der Waals surface area contributed by atoms with Crippen molar-refractivity contribution in [1.29, 1.82) is 0 Å². The predicted molar refractivity (Wildman–Crippen MR) is 107 cm³/mol. The lowest BCUT2D eigenvalue weighted by Crippen LogP contribution is -2.51. The Morgan fingerprint density at radius 3 is 2.67 bits per heavy atom. The highest BCUT2D eigenvalue weighted by Gasteiger charge is 2.24. The molecule has 0 saturated carbocycles. The van der Waals surface area contributed by atoms with E-state index in [-0.39, 0.29) is 11.8 Å². The van der Waals surface area contributed by atoms with Crippen LogP contribution in [0, 0.1) is 0 Å². The van der Waals surface area contributed by atoms with Crippen LogP contribution in [0.2, 0.25) is 5.15 Å². The van der Waals surface area contributed by atoms with Gasteiger partial charge in [0.05, 0.1) is 17.6 Å². The topological polar surface area (TPSA) is 65.5 Å². The minimum atomic E-state index is -0.0393. The zero-order valence-electron chi connectivity index (χ0n) is 15.6. The van der Waals surface area contributed by atoms with Crippen LogP contribution < -0.4 is 5.32 Å². The van der Waals surface area contributed by atoms with Crippen molar-refractivity contribution in [3.8, 4) is 0 Å². The zero-order valence-corrected chi connectivity index (χ0v) is 16.3. The molecule has 1 aliphatic heterocycles. The summed E-state index contributed by atoms with van der Waals surface area (Å²) in [6.45, 7) is 5.76.